The van der Waals surface area contributed by atoms with E-state index < -0.39 is 0 Å². The summed E-state index contributed by atoms with van der Waals surface area (Å²) < 4.78 is 3.13. The molecule has 0 atom stereocenters. The number of nitrogens with zero attached hydrogens (tertiary/aromatic N) is 6. The number of hydrogen-bond donors (Lipinski definition) is 0. The van der Waals surface area contributed by atoms with Crippen LogP contribution in [0.4, 0.5) is 0 Å². The molecule has 0 N–H and O–H groups in total. The van der Waals surface area contributed by atoms with Crippen molar-refractivity contribution in [2.24, 2.45) is 5.10 Å². The second kappa shape index (κ2) is 7.49. The maximum Gasteiger partial charge on any atom is 0.269 e. The van der Waals surface area contributed by atoms with Crippen LogP contribution in [0.1, 0.15) is 11.1 Å². The van der Waals surface area contributed by atoms with Crippen LogP contribution in [-0.4, -0.2) is 30.4 Å². The van der Waals surface area contributed by atoms with E-state index in [1.54, 1.807) is 10.9 Å². The minimum absolute atomic E-state index is 0.217. The number of aryl methyl sites for hydroxylation is 1. The summed E-state index contributed by atoms with van der Waals surface area (Å²) in [6.07, 6.45) is 3.29. The minimum atomic E-state index is -0.217. The first-order valence-corrected chi connectivity index (χ1v) is 10.5. The zero-order valence-electron chi connectivity index (χ0n) is 17.8. The topological polar surface area (TPSA) is 78.0 Å². The van der Waals surface area contributed by atoms with E-state index in [-0.39, 0.29) is 5.56 Å². The minimum Gasteiger partial charge on any atom is -0.268 e. The Balaban J connectivity index is 1.69. The van der Waals surface area contributed by atoms with Crippen molar-refractivity contribution in [3.63, 3.8) is 0 Å². The smallest absolute Gasteiger partial charge is 0.268 e. The fourth-order valence-corrected chi connectivity index (χ4v) is 3.95. The SMILES string of the molecule is Cc1ccccc1C=Nn1c2nc3ccccc3nc2c2c(=O)n(-c3ccccc3)cnc21. The predicted molar refractivity (Wildman–Crippen MR) is 130 cm³/mol. The molecular formula is C26H18N6O. The third-order valence-electron chi connectivity index (χ3n) is 5.68. The van der Waals surface area contributed by atoms with E-state index in [0.29, 0.717) is 27.7 Å². The highest BCUT2D eigenvalue weighted by molar-refractivity contribution is 6.05. The molecule has 3 aromatic carbocycles. The molecule has 0 saturated heterocycles. The van der Waals surface area contributed by atoms with Crippen molar-refractivity contribution in [2.45, 2.75) is 6.92 Å². The first kappa shape index (κ1) is 19.1. The van der Waals surface area contributed by atoms with Crippen molar-refractivity contribution in [1.82, 2.24) is 24.2 Å². The molecule has 0 spiro atoms. The monoisotopic (exact) mass is 430 g/mol. The lowest BCUT2D eigenvalue weighted by atomic mass is 10.1. The Bertz CT molecular complexity index is 1750. The van der Waals surface area contributed by atoms with Crippen molar-refractivity contribution < 1.29 is 0 Å². The van der Waals surface area contributed by atoms with Crippen molar-refractivity contribution >= 4 is 39.4 Å². The number of fused-ring (bicyclic) bond motifs is 4. The molecule has 0 fully saturated rings. The predicted octanol–water partition coefficient (Wildman–Crippen LogP) is 4.47. The highest BCUT2D eigenvalue weighted by Crippen LogP contribution is 2.25. The average molecular weight is 430 g/mol. The Morgan fingerprint density at radius 2 is 1.52 bits per heavy atom. The zero-order valence-corrected chi connectivity index (χ0v) is 17.8. The van der Waals surface area contributed by atoms with Gasteiger partial charge in [-0.15, -0.1) is 0 Å². The van der Waals surface area contributed by atoms with Crippen LogP contribution in [0, 0.1) is 6.92 Å². The van der Waals surface area contributed by atoms with Crippen LogP contribution in [0.2, 0.25) is 0 Å². The van der Waals surface area contributed by atoms with Gasteiger partial charge < -0.3 is 0 Å². The summed E-state index contributed by atoms with van der Waals surface area (Å²) in [7, 11) is 0. The summed E-state index contributed by atoms with van der Waals surface area (Å²) in [6.45, 7) is 2.03. The van der Waals surface area contributed by atoms with Crippen molar-refractivity contribution in [3.05, 3.63) is 107 Å². The van der Waals surface area contributed by atoms with Gasteiger partial charge in [0.15, 0.2) is 11.3 Å². The van der Waals surface area contributed by atoms with Crippen LogP contribution in [0.5, 0.6) is 0 Å². The van der Waals surface area contributed by atoms with Gasteiger partial charge in [0.05, 0.1) is 22.9 Å². The summed E-state index contributed by atoms with van der Waals surface area (Å²) in [5.74, 6) is 0. The number of hydrogen-bond acceptors (Lipinski definition) is 5. The molecule has 7 nitrogen and oxygen atoms in total. The fourth-order valence-electron chi connectivity index (χ4n) is 3.95. The van der Waals surface area contributed by atoms with Crippen molar-refractivity contribution in [1.29, 1.82) is 0 Å². The maximum absolute atomic E-state index is 13.6. The van der Waals surface area contributed by atoms with Crippen LogP contribution >= 0.6 is 0 Å². The van der Waals surface area contributed by atoms with E-state index in [4.69, 9.17) is 9.97 Å². The first-order chi connectivity index (χ1) is 16.2. The average Bonchev–Trinajstić information content (AvgIpc) is 3.16. The molecule has 3 aromatic heterocycles. The molecule has 0 unspecified atom stereocenters. The summed E-state index contributed by atoms with van der Waals surface area (Å²) in [4.78, 5) is 27.8. The lowest BCUT2D eigenvalue weighted by molar-refractivity contribution is 0.906. The van der Waals surface area contributed by atoms with Gasteiger partial charge in [-0.2, -0.15) is 9.78 Å². The Labute approximate surface area is 188 Å². The quantitative estimate of drug-likeness (QED) is 0.388. The van der Waals surface area contributed by atoms with E-state index in [1.165, 1.54) is 10.9 Å². The first-order valence-electron chi connectivity index (χ1n) is 10.5. The third-order valence-corrected chi connectivity index (χ3v) is 5.68. The molecule has 6 rings (SSSR count). The Kier molecular flexibility index (Phi) is 4.33. The normalized spacial score (nSPS) is 11.8. The molecule has 0 aliphatic rings. The molecule has 0 bridgehead atoms. The Hall–Kier alpha value is -4.65. The van der Waals surface area contributed by atoms with E-state index in [0.717, 1.165) is 22.3 Å². The van der Waals surface area contributed by atoms with Crippen molar-refractivity contribution in [3.8, 4) is 5.69 Å². The van der Waals surface area contributed by atoms with Gasteiger partial charge in [0.25, 0.3) is 5.56 Å². The zero-order chi connectivity index (χ0) is 22.4. The second-order valence-electron chi connectivity index (χ2n) is 7.75. The molecule has 7 heteroatoms. The van der Waals surface area contributed by atoms with E-state index in [1.807, 2.05) is 85.8 Å². The van der Waals surface area contributed by atoms with E-state index in [2.05, 4.69) is 10.1 Å². The maximum atomic E-state index is 13.6. The van der Waals surface area contributed by atoms with Crippen LogP contribution in [0.15, 0.2) is 95.1 Å². The molecule has 3 heterocycles. The molecule has 0 aliphatic heterocycles. The largest absolute Gasteiger partial charge is 0.269 e. The standard InChI is InChI=1S/C26H18N6O/c1-17-9-5-6-10-18(17)15-28-32-24-22(23-25(32)30-21-14-8-7-13-20(21)29-23)26(33)31(16-27-24)19-11-3-2-4-12-19/h2-16H,1H3. The molecule has 0 aliphatic carbocycles. The summed E-state index contributed by atoms with van der Waals surface area (Å²) >= 11 is 0. The summed E-state index contributed by atoms with van der Waals surface area (Å²) in [6, 6.07) is 25.0. The molecule has 0 amide bonds. The molecular weight excluding hydrogens is 412 g/mol. The lowest BCUT2D eigenvalue weighted by Gasteiger charge is -2.05. The van der Waals surface area contributed by atoms with Crippen molar-refractivity contribution in [2.75, 3.05) is 0 Å². The lowest BCUT2D eigenvalue weighted by Crippen LogP contribution is -2.18. The highest BCUT2D eigenvalue weighted by Gasteiger charge is 2.20. The third kappa shape index (κ3) is 3.10. The number of aromatic nitrogens is 5. The van der Waals surface area contributed by atoms with Gasteiger partial charge in [-0.1, -0.05) is 54.6 Å². The van der Waals surface area contributed by atoms with E-state index >= 15 is 0 Å². The molecule has 0 radical (unpaired) electrons. The Morgan fingerprint density at radius 1 is 0.818 bits per heavy atom. The Morgan fingerprint density at radius 3 is 2.30 bits per heavy atom. The van der Waals surface area contributed by atoms with Crippen LogP contribution in [-0.2, 0) is 0 Å². The van der Waals surface area contributed by atoms with E-state index in [9.17, 15) is 4.79 Å². The number of rotatable bonds is 3. The summed E-state index contributed by atoms with van der Waals surface area (Å²) in [5, 5.41) is 5.07. The molecule has 0 saturated carbocycles. The highest BCUT2D eigenvalue weighted by atomic mass is 16.1. The van der Waals surface area contributed by atoms with Crippen LogP contribution < -0.4 is 5.56 Å². The van der Waals surface area contributed by atoms with Crippen LogP contribution in [0.3, 0.4) is 0 Å². The number of para-hydroxylation sites is 3. The summed E-state index contributed by atoms with van der Waals surface area (Å²) in [5.41, 5.74) is 5.40. The van der Waals surface area contributed by atoms with Gasteiger partial charge in [-0.3, -0.25) is 9.36 Å². The van der Waals surface area contributed by atoms with Gasteiger partial charge in [0.1, 0.15) is 17.2 Å². The number of benzene rings is 3. The molecule has 6 aromatic rings. The van der Waals surface area contributed by atoms with Gasteiger partial charge in [-0.05, 0) is 42.3 Å². The molecule has 33 heavy (non-hydrogen) atoms. The van der Waals surface area contributed by atoms with Gasteiger partial charge in [-0.25, -0.2) is 15.0 Å². The van der Waals surface area contributed by atoms with Gasteiger partial charge in [0.2, 0.25) is 0 Å². The van der Waals surface area contributed by atoms with Gasteiger partial charge in [0, 0.05) is 0 Å². The van der Waals surface area contributed by atoms with Gasteiger partial charge >= 0.3 is 0 Å². The second-order valence-corrected chi connectivity index (χ2v) is 7.75. The molecule has 158 valence electrons. The van der Waals surface area contributed by atoms with Crippen LogP contribution in [0.25, 0.3) is 38.9 Å². The fraction of sp³-hybridized carbons (Fsp3) is 0.0385.